The van der Waals surface area contributed by atoms with Crippen molar-refractivity contribution in [1.82, 2.24) is 0 Å². The Kier molecular flexibility index (Phi) is 9.04. The van der Waals surface area contributed by atoms with Crippen molar-refractivity contribution in [2.45, 2.75) is 53.4 Å². The summed E-state index contributed by atoms with van der Waals surface area (Å²) in [6.07, 6.45) is 1.02. The molecule has 26 heavy (non-hydrogen) atoms. The molecular weight excluding hydrogens is 344 g/mol. The molecule has 0 aliphatic rings. The normalized spacial score (nSPS) is 9.85. The summed E-state index contributed by atoms with van der Waals surface area (Å²) in [5.41, 5.74) is 2.50. The van der Waals surface area contributed by atoms with Gasteiger partial charge in [-0.15, -0.1) is 0 Å². The van der Waals surface area contributed by atoms with Gasteiger partial charge in [-0.3, -0.25) is 9.59 Å². The van der Waals surface area contributed by atoms with E-state index in [9.17, 15) is 19.2 Å². The van der Waals surface area contributed by atoms with Gasteiger partial charge in [0.15, 0.2) is 0 Å². The Morgan fingerprint density at radius 3 is 0.962 bits per heavy atom. The van der Waals surface area contributed by atoms with Gasteiger partial charge < -0.3 is 20.4 Å². The van der Waals surface area contributed by atoms with Gasteiger partial charge in [-0.2, -0.15) is 0 Å². The number of unbranched alkanes of at least 4 members (excludes halogenated alkanes) is 1. The van der Waals surface area contributed by atoms with E-state index >= 15 is 0 Å². The van der Waals surface area contributed by atoms with Gasteiger partial charge in [0.2, 0.25) is 0 Å². The average molecular weight is 368 g/mol. The maximum Gasteiger partial charge on any atom is 0.336 e. The minimum absolute atomic E-state index is 0.0628. The number of aliphatic carboxylic acids is 2. The smallest absolute Gasteiger partial charge is 0.336 e. The quantitative estimate of drug-likeness (QED) is 0.536. The summed E-state index contributed by atoms with van der Waals surface area (Å²) < 4.78 is 0. The Hall–Kier alpha value is -2.90. The Labute approximate surface area is 151 Å². The van der Waals surface area contributed by atoms with Crippen molar-refractivity contribution in [1.29, 1.82) is 0 Å². The monoisotopic (exact) mass is 368 g/mol. The molecule has 1 aromatic carbocycles. The van der Waals surface area contributed by atoms with Crippen LogP contribution >= 0.6 is 0 Å². The number of carbonyl (C=O) groups is 4. The summed E-state index contributed by atoms with van der Waals surface area (Å²) >= 11 is 0. The first-order valence-corrected chi connectivity index (χ1v) is 7.92. The molecule has 0 fully saturated rings. The van der Waals surface area contributed by atoms with Gasteiger partial charge >= 0.3 is 23.9 Å². The Balaban J connectivity index is 0.000000541. The molecule has 0 spiro atoms. The van der Waals surface area contributed by atoms with E-state index in [1.54, 1.807) is 27.7 Å². The highest BCUT2D eigenvalue weighted by Gasteiger charge is 2.22. The van der Waals surface area contributed by atoms with Gasteiger partial charge in [0, 0.05) is 12.8 Å². The Bertz CT molecular complexity index is 628. The Morgan fingerprint density at radius 1 is 0.577 bits per heavy atom. The largest absolute Gasteiger partial charge is 0.481 e. The zero-order valence-electron chi connectivity index (χ0n) is 15.3. The van der Waals surface area contributed by atoms with Crippen LogP contribution in [0.15, 0.2) is 0 Å². The van der Waals surface area contributed by atoms with Crippen LogP contribution in [-0.2, 0) is 9.59 Å². The van der Waals surface area contributed by atoms with E-state index in [2.05, 4.69) is 0 Å². The number of benzene rings is 1. The van der Waals surface area contributed by atoms with Crippen LogP contribution in [0.25, 0.3) is 0 Å². The molecule has 0 radical (unpaired) electrons. The highest BCUT2D eigenvalue weighted by molar-refractivity contribution is 5.97. The van der Waals surface area contributed by atoms with Gasteiger partial charge in [0.05, 0.1) is 11.1 Å². The number of hydrogen-bond acceptors (Lipinski definition) is 4. The molecule has 0 bridgehead atoms. The van der Waals surface area contributed by atoms with E-state index in [-0.39, 0.29) is 24.0 Å². The highest BCUT2D eigenvalue weighted by Crippen LogP contribution is 2.26. The maximum atomic E-state index is 11.1. The van der Waals surface area contributed by atoms with Crippen molar-refractivity contribution in [3.8, 4) is 0 Å². The number of aromatic carboxylic acids is 2. The SMILES string of the molecule is Cc1c(C)c(C(=O)O)c(C)c(C)c1C(=O)O.O=C(O)CCCCC(=O)O. The summed E-state index contributed by atoms with van der Waals surface area (Å²) in [6.45, 7) is 6.55. The van der Waals surface area contributed by atoms with E-state index in [0.717, 1.165) is 0 Å². The molecule has 8 heteroatoms. The van der Waals surface area contributed by atoms with Gasteiger partial charge in [0.1, 0.15) is 0 Å². The average Bonchev–Trinajstić information content (AvgIpc) is 2.49. The van der Waals surface area contributed by atoms with Gasteiger partial charge in [-0.25, -0.2) is 9.59 Å². The van der Waals surface area contributed by atoms with E-state index in [1.807, 2.05) is 0 Å². The van der Waals surface area contributed by atoms with E-state index < -0.39 is 23.9 Å². The Morgan fingerprint density at radius 2 is 0.808 bits per heavy atom. The molecule has 0 amide bonds. The lowest BCUT2D eigenvalue weighted by Gasteiger charge is -2.15. The van der Waals surface area contributed by atoms with Crippen LogP contribution in [0.5, 0.6) is 0 Å². The molecule has 144 valence electrons. The lowest BCUT2D eigenvalue weighted by atomic mass is 9.89. The second-order valence-electron chi connectivity index (χ2n) is 5.85. The first-order chi connectivity index (χ1) is 11.9. The first-order valence-electron chi connectivity index (χ1n) is 7.92. The molecular formula is C18H24O8. The second kappa shape index (κ2) is 10.2. The fourth-order valence-electron chi connectivity index (χ4n) is 2.51. The maximum absolute atomic E-state index is 11.1. The molecule has 0 aliphatic heterocycles. The standard InChI is InChI=1S/C12H14O4.C6H10O4/c1-5-6(2)10(12(15)16)8(4)7(3)9(5)11(13)14;7-5(8)3-1-2-4-6(9)10/h1-4H3,(H,13,14)(H,15,16);1-4H2,(H,7,8)(H,9,10). The fraction of sp³-hybridized carbons (Fsp3) is 0.444. The summed E-state index contributed by atoms with van der Waals surface area (Å²) in [6, 6.07) is 0. The third-order valence-corrected chi connectivity index (χ3v) is 4.08. The fourth-order valence-corrected chi connectivity index (χ4v) is 2.51. The summed E-state index contributed by atoms with van der Waals surface area (Å²) in [5.74, 6) is -3.77. The van der Waals surface area contributed by atoms with Crippen LogP contribution < -0.4 is 0 Å². The van der Waals surface area contributed by atoms with Crippen LogP contribution in [0.2, 0.25) is 0 Å². The molecule has 1 rings (SSSR count). The molecule has 0 unspecified atom stereocenters. The highest BCUT2D eigenvalue weighted by atomic mass is 16.4. The number of hydrogen-bond donors (Lipinski definition) is 4. The number of carboxylic acid groups (broad SMARTS) is 4. The second-order valence-corrected chi connectivity index (χ2v) is 5.85. The predicted molar refractivity (Wildman–Crippen MR) is 93.0 cm³/mol. The molecule has 0 heterocycles. The van der Waals surface area contributed by atoms with Crippen LogP contribution in [0.4, 0.5) is 0 Å². The molecule has 8 nitrogen and oxygen atoms in total. The van der Waals surface area contributed by atoms with Crippen molar-refractivity contribution >= 4 is 23.9 Å². The zero-order chi connectivity index (χ0) is 20.6. The molecule has 0 atom stereocenters. The summed E-state index contributed by atoms with van der Waals surface area (Å²) in [4.78, 5) is 42.0. The number of carboxylic acids is 4. The third kappa shape index (κ3) is 6.54. The lowest BCUT2D eigenvalue weighted by molar-refractivity contribution is -0.139. The van der Waals surface area contributed by atoms with Crippen molar-refractivity contribution in [3.05, 3.63) is 33.4 Å². The van der Waals surface area contributed by atoms with Crippen molar-refractivity contribution < 1.29 is 39.6 Å². The zero-order valence-corrected chi connectivity index (χ0v) is 15.3. The van der Waals surface area contributed by atoms with Gasteiger partial charge in [-0.05, 0) is 62.8 Å². The van der Waals surface area contributed by atoms with Crippen molar-refractivity contribution in [2.75, 3.05) is 0 Å². The summed E-state index contributed by atoms with van der Waals surface area (Å²) in [5, 5.41) is 34.4. The van der Waals surface area contributed by atoms with Crippen LogP contribution in [0, 0.1) is 27.7 Å². The third-order valence-electron chi connectivity index (χ3n) is 4.08. The molecule has 4 N–H and O–H groups in total. The van der Waals surface area contributed by atoms with Crippen LogP contribution in [-0.4, -0.2) is 44.3 Å². The van der Waals surface area contributed by atoms with E-state index in [0.29, 0.717) is 35.1 Å². The molecule has 0 aromatic heterocycles. The van der Waals surface area contributed by atoms with Crippen LogP contribution in [0.1, 0.15) is 68.7 Å². The van der Waals surface area contributed by atoms with Crippen LogP contribution in [0.3, 0.4) is 0 Å². The predicted octanol–water partition coefficient (Wildman–Crippen LogP) is 3.03. The lowest BCUT2D eigenvalue weighted by Crippen LogP contribution is -2.13. The van der Waals surface area contributed by atoms with Crippen molar-refractivity contribution in [3.63, 3.8) is 0 Å². The molecule has 0 aliphatic carbocycles. The van der Waals surface area contributed by atoms with Crippen molar-refractivity contribution in [2.24, 2.45) is 0 Å². The summed E-state index contributed by atoms with van der Waals surface area (Å²) in [7, 11) is 0. The van der Waals surface area contributed by atoms with Gasteiger partial charge in [-0.1, -0.05) is 0 Å². The van der Waals surface area contributed by atoms with E-state index in [4.69, 9.17) is 20.4 Å². The van der Waals surface area contributed by atoms with Gasteiger partial charge in [0.25, 0.3) is 0 Å². The molecule has 0 saturated heterocycles. The minimum Gasteiger partial charge on any atom is -0.481 e. The minimum atomic E-state index is -1.02. The molecule has 0 saturated carbocycles. The number of rotatable bonds is 7. The van der Waals surface area contributed by atoms with E-state index in [1.165, 1.54) is 0 Å². The topological polar surface area (TPSA) is 149 Å². The first kappa shape index (κ1) is 23.1. The molecule has 1 aromatic rings.